The number of carbonyl (C=O) groups excluding carboxylic acids is 1. The van der Waals surface area contributed by atoms with Crippen molar-refractivity contribution in [2.45, 2.75) is 38.1 Å². The molecule has 2 aromatic carbocycles. The molecule has 1 saturated carbocycles. The summed E-state index contributed by atoms with van der Waals surface area (Å²) < 4.78 is 0. The number of imidazole rings is 1. The number of aromatic nitrogens is 2. The van der Waals surface area contributed by atoms with E-state index < -0.39 is 6.09 Å². The van der Waals surface area contributed by atoms with Crippen molar-refractivity contribution in [2.24, 2.45) is 11.8 Å². The van der Waals surface area contributed by atoms with Crippen molar-refractivity contribution in [3.05, 3.63) is 77.7 Å². The fourth-order valence-electron chi connectivity index (χ4n) is 4.59. The van der Waals surface area contributed by atoms with Crippen LogP contribution in [0.3, 0.4) is 0 Å². The number of nitrogens with zero attached hydrogens (tertiary/aromatic N) is 2. The number of carbonyl (C=O) groups is 2. The summed E-state index contributed by atoms with van der Waals surface area (Å²) >= 11 is 0. The predicted octanol–water partition coefficient (Wildman–Crippen LogP) is 4.42. The van der Waals surface area contributed by atoms with Gasteiger partial charge in [-0.25, -0.2) is 9.78 Å². The van der Waals surface area contributed by atoms with E-state index in [-0.39, 0.29) is 23.8 Å². The van der Waals surface area contributed by atoms with E-state index in [2.05, 4.69) is 21.7 Å². The van der Waals surface area contributed by atoms with Crippen LogP contribution in [0.25, 0.3) is 11.3 Å². The number of benzene rings is 2. The minimum Gasteiger partial charge on any atom is -0.465 e. The summed E-state index contributed by atoms with van der Waals surface area (Å²) in [6.07, 6.45) is 4.55. The molecule has 35 heavy (non-hydrogen) atoms. The van der Waals surface area contributed by atoms with Gasteiger partial charge in [0.2, 0.25) is 5.91 Å². The Morgan fingerprint density at radius 1 is 1.09 bits per heavy atom. The van der Waals surface area contributed by atoms with Crippen molar-refractivity contribution in [3.8, 4) is 17.3 Å². The molecule has 0 unspecified atom stereocenters. The van der Waals surface area contributed by atoms with Gasteiger partial charge in [-0.3, -0.25) is 4.79 Å². The number of rotatable bonds is 8. The minimum absolute atomic E-state index is 0.00639. The number of aromatic amines is 1. The molecule has 0 aliphatic heterocycles. The van der Waals surface area contributed by atoms with Crippen molar-refractivity contribution in [2.75, 3.05) is 6.54 Å². The van der Waals surface area contributed by atoms with Gasteiger partial charge in [-0.1, -0.05) is 42.5 Å². The molecule has 4 rings (SSSR count). The average molecular weight is 472 g/mol. The first-order valence-corrected chi connectivity index (χ1v) is 11.9. The normalized spacial score (nSPS) is 18.3. The fraction of sp³-hybridized carbons (Fsp3) is 0.333. The topological polar surface area (TPSA) is 131 Å². The quantitative estimate of drug-likeness (QED) is 0.386. The standard InChI is InChI=1S/C27H29N5O3/c28-15-19-6-10-21(11-7-19)24-17-29-25(31-24)23(14-18-4-2-1-3-5-18)32-26(33)22-12-8-20(9-13-22)16-30-27(34)35/h1-7,10-11,17,20,22-23,30H,8-9,12-14,16H2,(H,29,31)(H,32,33)(H,34,35)/t20-,22-,23-/m0/s1. The molecule has 2 amide bonds. The molecule has 1 aliphatic carbocycles. The van der Waals surface area contributed by atoms with Crippen LogP contribution in [0.1, 0.15) is 48.7 Å². The van der Waals surface area contributed by atoms with Crippen molar-refractivity contribution in [1.82, 2.24) is 20.6 Å². The highest BCUT2D eigenvalue weighted by atomic mass is 16.4. The van der Waals surface area contributed by atoms with E-state index in [1.54, 1.807) is 12.1 Å². The number of H-pyrrole nitrogens is 1. The third kappa shape index (κ3) is 6.48. The summed E-state index contributed by atoms with van der Waals surface area (Å²) in [5, 5.41) is 23.5. The number of amides is 2. The zero-order valence-corrected chi connectivity index (χ0v) is 19.4. The molecule has 1 aliphatic rings. The molecule has 1 aromatic heterocycles. The van der Waals surface area contributed by atoms with Crippen molar-refractivity contribution in [3.63, 3.8) is 0 Å². The van der Waals surface area contributed by atoms with Crippen LogP contribution < -0.4 is 10.6 Å². The second-order valence-corrected chi connectivity index (χ2v) is 9.01. The van der Waals surface area contributed by atoms with Gasteiger partial charge in [0.25, 0.3) is 0 Å². The van der Waals surface area contributed by atoms with Crippen LogP contribution in [0.5, 0.6) is 0 Å². The zero-order valence-electron chi connectivity index (χ0n) is 19.4. The maximum atomic E-state index is 13.2. The van der Waals surface area contributed by atoms with Crippen LogP contribution in [-0.4, -0.2) is 33.6 Å². The number of nitrogens with one attached hydrogen (secondary N) is 3. The Kier molecular flexibility index (Phi) is 7.78. The molecule has 0 radical (unpaired) electrons. The lowest BCUT2D eigenvalue weighted by Crippen LogP contribution is -2.38. The lowest BCUT2D eigenvalue weighted by molar-refractivity contribution is -0.127. The molecule has 0 bridgehead atoms. The summed E-state index contributed by atoms with van der Waals surface area (Å²) in [4.78, 5) is 32.0. The van der Waals surface area contributed by atoms with Crippen molar-refractivity contribution >= 4 is 12.0 Å². The average Bonchev–Trinajstić information content (AvgIpc) is 3.38. The van der Waals surface area contributed by atoms with Crippen LogP contribution in [-0.2, 0) is 11.2 Å². The Morgan fingerprint density at radius 2 is 1.80 bits per heavy atom. The minimum atomic E-state index is -1.01. The van der Waals surface area contributed by atoms with E-state index in [0.717, 1.165) is 42.5 Å². The van der Waals surface area contributed by atoms with Gasteiger partial charge in [0.15, 0.2) is 0 Å². The first-order chi connectivity index (χ1) is 17.0. The van der Waals surface area contributed by atoms with E-state index in [4.69, 9.17) is 15.4 Å². The molecule has 1 atom stereocenters. The third-order valence-electron chi connectivity index (χ3n) is 6.60. The molecular formula is C27H29N5O3. The van der Waals surface area contributed by atoms with E-state index in [1.165, 1.54) is 0 Å². The van der Waals surface area contributed by atoms with Gasteiger partial charge in [-0.2, -0.15) is 5.26 Å². The van der Waals surface area contributed by atoms with E-state index in [1.807, 2.05) is 48.7 Å². The molecule has 1 heterocycles. The monoisotopic (exact) mass is 471 g/mol. The fourth-order valence-corrected chi connectivity index (χ4v) is 4.59. The number of hydrogen-bond donors (Lipinski definition) is 4. The maximum Gasteiger partial charge on any atom is 0.404 e. The van der Waals surface area contributed by atoms with Gasteiger partial charge in [0.05, 0.1) is 23.4 Å². The highest BCUT2D eigenvalue weighted by Crippen LogP contribution is 2.30. The molecule has 8 heteroatoms. The Bertz CT molecular complexity index is 1180. The smallest absolute Gasteiger partial charge is 0.404 e. The first kappa shape index (κ1) is 24.0. The Hall–Kier alpha value is -4.12. The molecule has 0 saturated heterocycles. The van der Waals surface area contributed by atoms with Crippen molar-refractivity contribution < 1.29 is 14.7 Å². The summed E-state index contributed by atoms with van der Waals surface area (Å²) in [6, 6.07) is 19.0. The van der Waals surface area contributed by atoms with E-state index in [0.29, 0.717) is 24.4 Å². The number of hydrogen-bond acceptors (Lipinski definition) is 4. The number of carboxylic acid groups (broad SMARTS) is 1. The lowest BCUT2D eigenvalue weighted by Gasteiger charge is -2.29. The summed E-state index contributed by atoms with van der Waals surface area (Å²) in [5.41, 5.74) is 3.33. The first-order valence-electron chi connectivity index (χ1n) is 11.9. The Labute approximate surface area is 204 Å². The van der Waals surface area contributed by atoms with Crippen LogP contribution in [0.15, 0.2) is 60.8 Å². The molecule has 0 spiro atoms. The second kappa shape index (κ2) is 11.3. The zero-order chi connectivity index (χ0) is 24.6. The van der Waals surface area contributed by atoms with Gasteiger partial charge in [-0.15, -0.1) is 0 Å². The second-order valence-electron chi connectivity index (χ2n) is 9.01. The highest BCUT2D eigenvalue weighted by Gasteiger charge is 2.29. The van der Waals surface area contributed by atoms with Gasteiger partial charge in [0.1, 0.15) is 5.82 Å². The Morgan fingerprint density at radius 3 is 2.46 bits per heavy atom. The van der Waals surface area contributed by atoms with Gasteiger partial charge >= 0.3 is 6.09 Å². The van der Waals surface area contributed by atoms with Gasteiger partial charge in [-0.05, 0) is 55.7 Å². The van der Waals surface area contributed by atoms with Crippen molar-refractivity contribution in [1.29, 1.82) is 5.26 Å². The molecule has 180 valence electrons. The number of nitriles is 1. The largest absolute Gasteiger partial charge is 0.465 e. The van der Waals surface area contributed by atoms with Gasteiger partial charge < -0.3 is 20.7 Å². The Balaban J connectivity index is 1.45. The highest BCUT2D eigenvalue weighted by molar-refractivity contribution is 5.79. The van der Waals surface area contributed by atoms with Crippen LogP contribution in [0, 0.1) is 23.2 Å². The molecule has 3 aromatic rings. The maximum absolute atomic E-state index is 13.2. The van der Waals surface area contributed by atoms with Crippen LogP contribution in [0.2, 0.25) is 0 Å². The van der Waals surface area contributed by atoms with E-state index >= 15 is 0 Å². The lowest BCUT2D eigenvalue weighted by atomic mass is 9.81. The van der Waals surface area contributed by atoms with Crippen LogP contribution >= 0.6 is 0 Å². The summed E-state index contributed by atoms with van der Waals surface area (Å²) in [6.45, 7) is 0.435. The third-order valence-corrected chi connectivity index (χ3v) is 6.60. The molecule has 8 nitrogen and oxygen atoms in total. The van der Waals surface area contributed by atoms with E-state index in [9.17, 15) is 9.59 Å². The molecule has 1 fully saturated rings. The van der Waals surface area contributed by atoms with Crippen LogP contribution in [0.4, 0.5) is 4.79 Å². The summed E-state index contributed by atoms with van der Waals surface area (Å²) in [5.74, 6) is 0.866. The predicted molar refractivity (Wildman–Crippen MR) is 131 cm³/mol. The SMILES string of the molecule is N#Cc1ccc(-c2c[nH]c([C@H](Cc3ccccc3)NC(=O)[C@H]3CC[C@H](CNC(=O)O)CC3)n2)cc1. The molecular weight excluding hydrogens is 442 g/mol. The van der Waals surface area contributed by atoms with Gasteiger partial charge in [0, 0.05) is 24.2 Å². The molecule has 4 N–H and O–H groups in total. The summed E-state index contributed by atoms with van der Waals surface area (Å²) in [7, 11) is 0.